The van der Waals surface area contributed by atoms with Crippen molar-refractivity contribution >= 4 is 33.9 Å². The van der Waals surface area contributed by atoms with Crippen LogP contribution in [0.3, 0.4) is 0 Å². The molecule has 0 atom stereocenters. The summed E-state index contributed by atoms with van der Waals surface area (Å²) >= 11 is 1.77. The van der Waals surface area contributed by atoms with Crippen LogP contribution >= 0.6 is 22.6 Å². The minimum Gasteiger partial charge on any atom is -0.359 e. The Labute approximate surface area is 130 Å². The Hall–Kier alpha value is -2.16. The topological polar surface area (TPSA) is 90.3 Å². The van der Waals surface area contributed by atoms with Gasteiger partial charge in [-0.05, 0) is 46.0 Å². The van der Waals surface area contributed by atoms with Gasteiger partial charge in [0.25, 0.3) is 0 Å². The van der Waals surface area contributed by atoms with Crippen molar-refractivity contribution in [3.05, 3.63) is 39.4 Å². The molecule has 0 radical (unpaired) electrons. The Morgan fingerprint density at radius 2 is 2.19 bits per heavy atom. The third-order valence-corrected chi connectivity index (χ3v) is 3.27. The molecule has 0 unspecified atom stereocenters. The molecule has 0 aliphatic carbocycles. The van der Waals surface area contributed by atoms with E-state index in [1.807, 2.05) is 6.07 Å². The van der Waals surface area contributed by atoms with Gasteiger partial charge < -0.3 is 5.32 Å². The Morgan fingerprint density at radius 3 is 2.71 bits per heavy atom. The number of nitriles is 1. The quantitative estimate of drug-likeness (QED) is 0.605. The lowest BCUT2D eigenvalue weighted by molar-refractivity contribution is -0.137. The van der Waals surface area contributed by atoms with Gasteiger partial charge in [-0.15, -0.1) is 10.2 Å². The lowest BCUT2D eigenvalue weighted by Crippen LogP contribution is -2.05. The summed E-state index contributed by atoms with van der Waals surface area (Å²) in [7, 11) is 0. The van der Waals surface area contributed by atoms with Crippen molar-refractivity contribution in [3.8, 4) is 6.07 Å². The molecule has 1 aromatic carbocycles. The monoisotopic (exact) mass is 406 g/mol. The fourth-order valence-electron chi connectivity index (χ4n) is 1.38. The SMILES string of the molecule is N#CC(=CNc1ccc(C(F)(F)F)cc1I)c1nn[nH]n1. The maximum atomic E-state index is 12.5. The molecule has 1 aromatic heterocycles. The first kappa shape index (κ1) is 15.2. The number of aromatic amines is 1. The number of benzene rings is 1. The highest BCUT2D eigenvalue weighted by molar-refractivity contribution is 14.1. The van der Waals surface area contributed by atoms with Gasteiger partial charge in [0.05, 0.1) is 11.3 Å². The summed E-state index contributed by atoms with van der Waals surface area (Å²) < 4.78 is 38.0. The summed E-state index contributed by atoms with van der Waals surface area (Å²) in [6.07, 6.45) is -3.09. The van der Waals surface area contributed by atoms with Crippen molar-refractivity contribution in [2.24, 2.45) is 0 Å². The summed E-state index contributed by atoms with van der Waals surface area (Å²) in [6.45, 7) is 0. The molecule has 0 aliphatic heterocycles. The lowest BCUT2D eigenvalue weighted by Gasteiger charge is -2.10. The van der Waals surface area contributed by atoms with E-state index >= 15 is 0 Å². The predicted octanol–water partition coefficient (Wildman–Crippen LogP) is 2.80. The van der Waals surface area contributed by atoms with Gasteiger partial charge in [0.1, 0.15) is 11.6 Å². The van der Waals surface area contributed by atoms with Gasteiger partial charge >= 0.3 is 6.18 Å². The molecule has 2 rings (SSSR count). The van der Waals surface area contributed by atoms with Crippen LogP contribution in [-0.4, -0.2) is 20.6 Å². The van der Waals surface area contributed by atoms with Crippen LogP contribution in [0.15, 0.2) is 24.4 Å². The van der Waals surface area contributed by atoms with Crippen LogP contribution in [0.25, 0.3) is 5.57 Å². The molecule has 2 aromatic rings. The van der Waals surface area contributed by atoms with E-state index in [1.165, 1.54) is 12.3 Å². The molecule has 0 saturated heterocycles. The van der Waals surface area contributed by atoms with Gasteiger partial charge in [0, 0.05) is 9.77 Å². The molecular formula is C11H6F3IN6. The average Bonchev–Trinajstić information content (AvgIpc) is 2.94. The van der Waals surface area contributed by atoms with Gasteiger partial charge in [0.2, 0.25) is 5.82 Å². The zero-order valence-corrected chi connectivity index (χ0v) is 12.3. The maximum absolute atomic E-state index is 12.5. The molecule has 0 fully saturated rings. The molecule has 0 aliphatic rings. The predicted molar refractivity (Wildman–Crippen MR) is 75.6 cm³/mol. The average molecular weight is 406 g/mol. The van der Waals surface area contributed by atoms with E-state index in [0.717, 1.165) is 12.1 Å². The Morgan fingerprint density at radius 1 is 1.43 bits per heavy atom. The van der Waals surface area contributed by atoms with Crippen molar-refractivity contribution in [1.82, 2.24) is 20.6 Å². The first-order chi connectivity index (χ1) is 9.91. The molecule has 108 valence electrons. The highest BCUT2D eigenvalue weighted by atomic mass is 127. The first-order valence-electron chi connectivity index (χ1n) is 5.39. The smallest absolute Gasteiger partial charge is 0.359 e. The van der Waals surface area contributed by atoms with Crippen LogP contribution < -0.4 is 5.32 Å². The van der Waals surface area contributed by atoms with Gasteiger partial charge in [-0.1, -0.05) is 0 Å². The molecule has 6 nitrogen and oxygen atoms in total. The van der Waals surface area contributed by atoms with E-state index in [1.54, 1.807) is 22.6 Å². The standard InChI is InChI=1S/C11H6F3IN6/c12-11(13,14)7-1-2-9(8(15)3-7)17-5-6(4-16)10-18-20-21-19-10/h1-3,5,17H,(H,18,19,20,21). The Bertz CT molecular complexity index is 702. The van der Waals surface area contributed by atoms with E-state index in [-0.39, 0.29) is 11.4 Å². The number of rotatable bonds is 3. The lowest BCUT2D eigenvalue weighted by atomic mass is 10.2. The molecule has 10 heteroatoms. The fraction of sp³-hybridized carbons (Fsp3) is 0.0909. The highest BCUT2D eigenvalue weighted by Crippen LogP contribution is 2.32. The maximum Gasteiger partial charge on any atom is 0.416 e. The summed E-state index contributed by atoms with van der Waals surface area (Å²) in [5, 5.41) is 24.5. The van der Waals surface area contributed by atoms with E-state index in [9.17, 15) is 13.2 Å². The number of hydrogen-bond acceptors (Lipinski definition) is 5. The van der Waals surface area contributed by atoms with Crippen LogP contribution in [0.5, 0.6) is 0 Å². The Balaban J connectivity index is 2.23. The second kappa shape index (κ2) is 6.08. The van der Waals surface area contributed by atoms with Crippen molar-refractivity contribution in [2.45, 2.75) is 6.18 Å². The van der Waals surface area contributed by atoms with E-state index < -0.39 is 11.7 Å². The van der Waals surface area contributed by atoms with Crippen LogP contribution in [0.2, 0.25) is 0 Å². The van der Waals surface area contributed by atoms with Crippen molar-refractivity contribution < 1.29 is 13.2 Å². The second-order valence-corrected chi connectivity index (χ2v) is 4.90. The molecule has 0 amide bonds. The number of H-pyrrole nitrogens is 1. The summed E-state index contributed by atoms with van der Waals surface area (Å²) in [6, 6.07) is 5.11. The van der Waals surface area contributed by atoms with E-state index in [2.05, 4.69) is 25.9 Å². The van der Waals surface area contributed by atoms with Crippen LogP contribution in [0, 0.1) is 14.9 Å². The number of aromatic nitrogens is 4. The number of anilines is 1. The summed E-state index contributed by atoms with van der Waals surface area (Å²) in [5.74, 6) is 0.0897. The number of allylic oxidation sites excluding steroid dienone is 1. The number of alkyl halides is 3. The van der Waals surface area contributed by atoms with Crippen LogP contribution in [0.4, 0.5) is 18.9 Å². The normalized spacial score (nSPS) is 12.0. The van der Waals surface area contributed by atoms with Crippen LogP contribution in [0.1, 0.15) is 11.4 Å². The van der Waals surface area contributed by atoms with Gasteiger partial charge in [-0.2, -0.15) is 23.6 Å². The fourth-order valence-corrected chi connectivity index (χ4v) is 2.05. The summed E-state index contributed by atoms with van der Waals surface area (Å²) in [4.78, 5) is 0. The molecule has 1 heterocycles. The van der Waals surface area contributed by atoms with Crippen LogP contribution in [-0.2, 0) is 6.18 Å². The van der Waals surface area contributed by atoms with Gasteiger partial charge in [-0.25, -0.2) is 0 Å². The largest absolute Gasteiger partial charge is 0.416 e. The molecule has 21 heavy (non-hydrogen) atoms. The van der Waals surface area contributed by atoms with Gasteiger partial charge in [0.15, 0.2) is 0 Å². The zero-order chi connectivity index (χ0) is 15.5. The minimum atomic E-state index is -4.39. The molecule has 0 bridgehead atoms. The summed E-state index contributed by atoms with van der Waals surface area (Å²) in [5.41, 5.74) is -0.209. The third-order valence-electron chi connectivity index (χ3n) is 2.38. The number of nitrogens with zero attached hydrogens (tertiary/aromatic N) is 4. The second-order valence-electron chi connectivity index (χ2n) is 3.74. The number of hydrogen-bond donors (Lipinski definition) is 2. The van der Waals surface area contributed by atoms with E-state index in [4.69, 9.17) is 5.26 Å². The molecule has 2 N–H and O–H groups in total. The van der Waals surface area contributed by atoms with E-state index in [0.29, 0.717) is 9.26 Å². The third kappa shape index (κ3) is 3.69. The highest BCUT2D eigenvalue weighted by Gasteiger charge is 2.30. The Kier molecular flexibility index (Phi) is 4.41. The number of nitrogens with one attached hydrogen (secondary N) is 2. The molecule has 0 saturated carbocycles. The first-order valence-corrected chi connectivity index (χ1v) is 6.47. The van der Waals surface area contributed by atoms with Crippen molar-refractivity contribution in [1.29, 1.82) is 5.26 Å². The number of tetrazole rings is 1. The van der Waals surface area contributed by atoms with Gasteiger partial charge in [-0.3, -0.25) is 0 Å². The molecular weight excluding hydrogens is 400 g/mol. The minimum absolute atomic E-state index is 0.0897. The number of halogens is 4. The zero-order valence-electron chi connectivity index (χ0n) is 10.1. The van der Waals surface area contributed by atoms with Crippen molar-refractivity contribution in [3.63, 3.8) is 0 Å². The van der Waals surface area contributed by atoms with Crippen molar-refractivity contribution in [2.75, 3.05) is 5.32 Å². The molecule has 0 spiro atoms.